The summed E-state index contributed by atoms with van der Waals surface area (Å²) in [5.74, 6) is 0. The summed E-state index contributed by atoms with van der Waals surface area (Å²) in [7, 11) is 0. The van der Waals surface area contributed by atoms with Crippen LogP contribution in [0.15, 0.2) is 24.3 Å². The van der Waals surface area contributed by atoms with Crippen LogP contribution >= 0.6 is 0 Å². The standard InChI is InChI=1S/C7H8N2.C3H8/c1-2-4-7-6(3-1)5-8-9-7;1-3-2/h1-4,8-9H,5H2;3H2,1-2H3. The van der Waals surface area contributed by atoms with E-state index < -0.39 is 0 Å². The van der Waals surface area contributed by atoms with Crippen molar-refractivity contribution in [2.45, 2.75) is 26.8 Å². The van der Waals surface area contributed by atoms with Crippen LogP contribution in [0.2, 0.25) is 0 Å². The Hall–Kier alpha value is -1.02. The maximum absolute atomic E-state index is 3.05. The molecule has 2 N–H and O–H groups in total. The highest BCUT2D eigenvalue weighted by atomic mass is 15.4. The summed E-state index contributed by atoms with van der Waals surface area (Å²) in [6, 6.07) is 8.25. The van der Waals surface area contributed by atoms with E-state index in [4.69, 9.17) is 0 Å². The molecule has 12 heavy (non-hydrogen) atoms. The van der Waals surface area contributed by atoms with Gasteiger partial charge in [-0.3, -0.25) is 0 Å². The van der Waals surface area contributed by atoms with E-state index in [2.05, 4.69) is 36.8 Å². The molecule has 0 saturated heterocycles. The Kier molecular flexibility index (Phi) is 3.61. The molecule has 1 aromatic rings. The Labute approximate surface area is 74.0 Å². The third-order valence-corrected chi connectivity index (χ3v) is 1.52. The van der Waals surface area contributed by atoms with Crippen molar-refractivity contribution >= 4 is 5.69 Å². The summed E-state index contributed by atoms with van der Waals surface area (Å²) in [6.07, 6.45) is 1.25. The molecular formula is C10H16N2. The molecule has 0 aliphatic carbocycles. The molecule has 1 aliphatic heterocycles. The lowest BCUT2D eigenvalue weighted by Gasteiger charge is -1.93. The highest BCUT2D eigenvalue weighted by molar-refractivity contribution is 5.53. The maximum atomic E-state index is 3.05. The van der Waals surface area contributed by atoms with E-state index in [1.54, 1.807) is 0 Å². The first-order chi connectivity index (χ1) is 5.88. The number of anilines is 1. The van der Waals surface area contributed by atoms with Gasteiger partial charge in [0.15, 0.2) is 0 Å². The second-order valence-electron chi connectivity index (χ2n) is 2.84. The molecule has 0 unspecified atom stereocenters. The Morgan fingerprint density at radius 3 is 2.58 bits per heavy atom. The number of fused-ring (bicyclic) bond motifs is 1. The summed E-state index contributed by atoms with van der Waals surface area (Å²) >= 11 is 0. The minimum Gasteiger partial charge on any atom is -0.321 e. The van der Waals surface area contributed by atoms with Crippen molar-refractivity contribution < 1.29 is 0 Å². The van der Waals surface area contributed by atoms with E-state index in [1.165, 1.54) is 17.7 Å². The minimum absolute atomic E-state index is 0.941. The predicted octanol–water partition coefficient (Wildman–Crippen LogP) is 2.53. The Morgan fingerprint density at radius 2 is 1.92 bits per heavy atom. The third kappa shape index (κ3) is 2.24. The summed E-state index contributed by atoms with van der Waals surface area (Å²) in [4.78, 5) is 0. The second-order valence-corrected chi connectivity index (χ2v) is 2.84. The van der Waals surface area contributed by atoms with Gasteiger partial charge in [0, 0.05) is 6.54 Å². The molecule has 0 radical (unpaired) electrons. The van der Waals surface area contributed by atoms with E-state index in [0.29, 0.717) is 0 Å². The maximum Gasteiger partial charge on any atom is 0.0533 e. The number of nitrogens with one attached hydrogen (secondary N) is 2. The molecule has 1 heterocycles. The number of hydrogen-bond donors (Lipinski definition) is 2. The zero-order valence-electron chi connectivity index (χ0n) is 7.72. The second kappa shape index (κ2) is 4.78. The van der Waals surface area contributed by atoms with Gasteiger partial charge in [0.05, 0.1) is 5.69 Å². The molecular weight excluding hydrogens is 148 g/mol. The fraction of sp³-hybridized carbons (Fsp3) is 0.400. The zero-order valence-corrected chi connectivity index (χ0v) is 7.72. The number of rotatable bonds is 0. The molecule has 0 atom stereocenters. The summed E-state index contributed by atoms with van der Waals surface area (Å²) in [5.41, 5.74) is 8.64. The van der Waals surface area contributed by atoms with Gasteiger partial charge >= 0.3 is 0 Å². The van der Waals surface area contributed by atoms with E-state index in [1.807, 2.05) is 12.1 Å². The molecule has 0 bridgehead atoms. The fourth-order valence-corrected chi connectivity index (χ4v) is 1.03. The quantitative estimate of drug-likeness (QED) is 0.615. The van der Waals surface area contributed by atoms with Crippen LogP contribution in [0.1, 0.15) is 25.8 Å². The zero-order chi connectivity index (χ0) is 8.81. The largest absolute Gasteiger partial charge is 0.321 e. The van der Waals surface area contributed by atoms with Crippen LogP contribution in [0.25, 0.3) is 0 Å². The SMILES string of the molecule is CCC.c1ccc2c(c1)CNN2. The van der Waals surface area contributed by atoms with Crippen LogP contribution in [0, 0.1) is 0 Å². The van der Waals surface area contributed by atoms with Crippen LogP contribution < -0.4 is 10.9 Å². The summed E-state index contributed by atoms with van der Waals surface area (Å²) in [5, 5.41) is 0. The fourth-order valence-electron chi connectivity index (χ4n) is 1.03. The van der Waals surface area contributed by atoms with Crippen molar-refractivity contribution in [3.05, 3.63) is 29.8 Å². The van der Waals surface area contributed by atoms with Gasteiger partial charge in [0.25, 0.3) is 0 Å². The van der Waals surface area contributed by atoms with Crippen LogP contribution in [0.3, 0.4) is 0 Å². The molecule has 1 aromatic carbocycles. The summed E-state index contributed by atoms with van der Waals surface area (Å²) < 4.78 is 0. The van der Waals surface area contributed by atoms with Crippen LogP contribution in [-0.4, -0.2) is 0 Å². The van der Waals surface area contributed by atoms with Crippen LogP contribution in [-0.2, 0) is 6.54 Å². The molecule has 2 heteroatoms. The molecule has 0 aromatic heterocycles. The molecule has 0 spiro atoms. The van der Waals surface area contributed by atoms with Crippen molar-refractivity contribution in [2.24, 2.45) is 0 Å². The molecule has 2 rings (SSSR count). The molecule has 0 saturated carbocycles. The van der Waals surface area contributed by atoms with Gasteiger partial charge in [-0.1, -0.05) is 38.5 Å². The van der Waals surface area contributed by atoms with Crippen molar-refractivity contribution in [1.82, 2.24) is 5.43 Å². The Bertz CT molecular complexity index is 210. The minimum atomic E-state index is 0.941. The highest BCUT2D eigenvalue weighted by Gasteiger charge is 2.05. The van der Waals surface area contributed by atoms with Crippen molar-refractivity contribution in [1.29, 1.82) is 0 Å². The average molecular weight is 164 g/mol. The third-order valence-electron chi connectivity index (χ3n) is 1.52. The van der Waals surface area contributed by atoms with Crippen LogP contribution in [0.4, 0.5) is 5.69 Å². The first-order valence-corrected chi connectivity index (χ1v) is 4.45. The van der Waals surface area contributed by atoms with E-state index in [-0.39, 0.29) is 0 Å². The van der Waals surface area contributed by atoms with E-state index in [9.17, 15) is 0 Å². The van der Waals surface area contributed by atoms with Gasteiger partial charge in [-0.2, -0.15) is 0 Å². The molecule has 66 valence electrons. The van der Waals surface area contributed by atoms with Crippen molar-refractivity contribution in [3.8, 4) is 0 Å². The number of para-hydroxylation sites is 1. The lowest BCUT2D eigenvalue weighted by Crippen LogP contribution is -2.10. The van der Waals surface area contributed by atoms with Crippen molar-refractivity contribution in [2.75, 3.05) is 5.43 Å². The predicted molar refractivity (Wildman–Crippen MR) is 52.9 cm³/mol. The van der Waals surface area contributed by atoms with Gasteiger partial charge in [0.1, 0.15) is 0 Å². The van der Waals surface area contributed by atoms with Crippen molar-refractivity contribution in [3.63, 3.8) is 0 Å². The molecule has 0 fully saturated rings. The topological polar surface area (TPSA) is 24.1 Å². The first-order valence-electron chi connectivity index (χ1n) is 4.45. The van der Waals surface area contributed by atoms with E-state index >= 15 is 0 Å². The normalized spacial score (nSPS) is 12.5. The Morgan fingerprint density at radius 1 is 1.25 bits per heavy atom. The monoisotopic (exact) mass is 164 g/mol. The van der Waals surface area contributed by atoms with Gasteiger partial charge in [-0.15, -0.1) is 0 Å². The molecule has 0 amide bonds. The van der Waals surface area contributed by atoms with Gasteiger partial charge in [-0.25, -0.2) is 5.43 Å². The Balaban J connectivity index is 0.000000213. The molecule has 2 nitrogen and oxygen atoms in total. The number of benzene rings is 1. The first kappa shape index (κ1) is 9.07. The summed E-state index contributed by atoms with van der Waals surface area (Å²) in [6.45, 7) is 5.19. The number of hydrogen-bond acceptors (Lipinski definition) is 2. The molecule has 1 aliphatic rings. The smallest absolute Gasteiger partial charge is 0.0533 e. The van der Waals surface area contributed by atoms with E-state index in [0.717, 1.165) is 6.54 Å². The lowest BCUT2D eigenvalue weighted by molar-refractivity contribution is 0.860. The lowest BCUT2D eigenvalue weighted by atomic mass is 10.2. The van der Waals surface area contributed by atoms with Crippen LogP contribution in [0.5, 0.6) is 0 Å². The van der Waals surface area contributed by atoms with Gasteiger partial charge in [0.2, 0.25) is 0 Å². The average Bonchev–Trinajstić information content (AvgIpc) is 2.52. The number of hydrazine groups is 1. The highest BCUT2D eigenvalue weighted by Crippen LogP contribution is 2.17. The van der Waals surface area contributed by atoms with Gasteiger partial charge < -0.3 is 5.43 Å². The van der Waals surface area contributed by atoms with Gasteiger partial charge in [-0.05, 0) is 11.6 Å².